The highest BCUT2D eigenvalue weighted by atomic mass is 35.8. The Balaban J connectivity index is 3.28. The van der Waals surface area contributed by atoms with Gasteiger partial charge in [-0.2, -0.15) is 0 Å². The summed E-state index contributed by atoms with van der Waals surface area (Å²) < 4.78 is 4.31. The van der Waals surface area contributed by atoms with Crippen molar-refractivity contribution >= 4 is 72.4 Å². The molecule has 0 fully saturated rings. The largest absolute Gasteiger partial charge is 0.483 e. The lowest BCUT2D eigenvalue weighted by atomic mass is 11.9. The van der Waals surface area contributed by atoms with E-state index >= 15 is 0 Å². The van der Waals surface area contributed by atoms with Gasteiger partial charge in [0.05, 0.1) is 0 Å². The Morgan fingerprint density at radius 2 is 1.67 bits per heavy atom. The molecule has 0 radical (unpaired) electrons. The van der Waals surface area contributed by atoms with Gasteiger partial charge in [0.1, 0.15) is 4.46 Å². The molecule has 9 heavy (non-hydrogen) atoms. The lowest BCUT2D eigenvalue weighted by molar-refractivity contribution is 0.644. The first kappa shape index (κ1) is 10.8. The zero-order chi connectivity index (χ0) is 7.49. The van der Waals surface area contributed by atoms with E-state index in [1.54, 1.807) is 0 Å². The molecule has 0 aliphatic heterocycles. The van der Waals surface area contributed by atoms with Crippen LogP contribution in [0.4, 0.5) is 0 Å². The van der Waals surface area contributed by atoms with E-state index in [-0.39, 0.29) is 0 Å². The molecule has 0 atom stereocenters. The van der Waals surface area contributed by atoms with E-state index in [9.17, 15) is 0 Å². The van der Waals surface area contributed by atoms with Crippen molar-refractivity contribution in [3.05, 3.63) is 0 Å². The molecule has 0 amide bonds. The van der Waals surface area contributed by atoms with Crippen molar-refractivity contribution in [3.8, 4) is 0 Å². The first-order chi connectivity index (χ1) is 3.92. The summed E-state index contributed by atoms with van der Waals surface area (Å²) in [6.07, 6.45) is -2.91. The maximum atomic E-state index is 5.34. The monoisotopic (exact) mass is 262 g/mol. The SMILES string of the molecule is ClC(Cl)[SiH2]O[Si](Cl)(Cl)Cl. The zero-order valence-electron chi connectivity index (χ0n) is 4.08. The number of hydrogen-bond acceptors (Lipinski definition) is 1. The van der Waals surface area contributed by atoms with Crippen molar-refractivity contribution in [2.75, 3.05) is 0 Å². The lowest BCUT2D eigenvalue weighted by Gasteiger charge is -2.08. The van der Waals surface area contributed by atoms with Crippen molar-refractivity contribution in [2.24, 2.45) is 0 Å². The van der Waals surface area contributed by atoms with E-state index in [0.29, 0.717) is 0 Å². The van der Waals surface area contributed by atoms with Crippen LogP contribution in [0.25, 0.3) is 0 Å². The third-order valence-corrected chi connectivity index (χ3v) is 6.30. The van der Waals surface area contributed by atoms with Gasteiger partial charge in [-0.25, -0.2) is 0 Å². The first-order valence-corrected chi connectivity index (χ1v) is 9.11. The Hall–Kier alpha value is 1.84. The Morgan fingerprint density at radius 1 is 1.22 bits per heavy atom. The molecule has 0 saturated carbocycles. The van der Waals surface area contributed by atoms with Gasteiger partial charge in [0, 0.05) is 0 Å². The summed E-state index contributed by atoms with van der Waals surface area (Å²) in [5.74, 6) is 0. The number of halogens is 5. The van der Waals surface area contributed by atoms with Gasteiger partial charge >= 0.3 is 6.25 Å². The van der Waals surface area contributed by atoms with Crippen LogP contribution in [0.3, 0.4) is 0 Å². The third-order valence-electron chi connectivity index (χ3n) is 0.373. The Bertz CT molecular complexity index is 79.5. The Kier molecular flexibility index (Phi) is 5.62. The molecule has 0 N–H and O–H groups in total. The van der Waals surface area contributed by atoms with Crippen molar-refractivity contribution in [2.45, 2.75) is 4.46 Å². The highest BCUT2D eigenvalue weighted by Crippen LogP contribution is 2.21. The van der Waals surface area contributed by atoms with Gasteiger partial charge in [-0.3, -0.25) is 0 Å². The lowest BCUT2D eigenvalue weighted by Crippen LogP contribution is -2.22. The normalized spacial score (nSPS) is 14.0. The fraction of sp³-hybridized carbons (Fsp3) is 1.00. The van der Waals surface area contributed by atoms with Crippen LogP contribution in [0.5, 0.6) is 0 Å². The van der Waals surface area contributed by atoms with Crippen LogP contribution in [0.1, 0.15) is 0 Å². The standard InChI is InChI=1S/CH3Cl5OSi2/c2-1(3)8-7-9(4,5)6/h1H,8H2. The molecule has 0 heterocycles. The van der Waals surface area contributed by atoms with Crippen LogP contribution in [-0.2, 0) is 4.12 Å². The minimum atomic E-state index is -2.91. The van der Waals surface area contributed by atoms with Crippen molar-refractivity contribution < 1.29 is 4.12 Å². The van der Waals surface area contributed by atoms with E-state index < -0.39 is 20.5 Å². The van der Waals surface area contributed by atoms with Crippen LogP contribution in [0.15, 0.2) is 0 Å². The van der Waals surface area contributed by atoms with Crippen LogP contribution in [-0.4, -0.2) is 20.5 Å². The quantitative estimate of drug-likeness (QED) is 0.430. The van der Waals surface area contributed by atoms with E-state index in [1.165, 1.54) is 0 Å². The van der Waals surface area contributed by atoms with Crippen LogP contribution in [0, 0.1) is 0 Å². The molecule has 0 rings (SSSR count). The van der Waals surface area contributed by atoms with Gasteiger partial charge in [-0.1, -0.05) is 33.2 Å². The summed E-state index contributed by atoms with van der Waals surface area (Å²) in [6.45, 7) is 0. The molecular weight excluding hydrogens is 261 g/mol. The molecule has 0 aliphatic carbocycles. The summed E-state index contributed by atoms with van der Waals surface area (Å²) in [4.78, 5) is 0. The first-order valence-electron chi connectivity index (χ1n) is 1.90. The predicted molar refractivity (Wildman–Crippen MR) is 48.4 cm³/mol. The summed E-state index contributed by atoms with van der Waals surface area (Å²) in [7, 11) is -1.06. The molecule has 0 spiro atoms. The molecule has 56 valence electrons. The average Bonchev–Trinajstić information content (AvgIpc) is 1.59. The summed E-state index contributed by atoms with van der Waals surface area (Å²) in [6, 6.07) is 0. The van der Waals surface area contributed by atoms with Crippen LogP contribution >= 0.6 is 56.4 Å². The van der Waals surface area contributed by atoms with Gasteiger partial charge in [0.25, 0.3) is 0 Å². The zero-order valence-corrected chi connectivity index (χ0v) is 10.3. The minimum absolute atomic E-state index is 0.492. The van der Waals surface area contributed by atoms with E-state index in [4.69, 9.17) is 60.6 Å². The highest BCUT2D eigenvalue weighted by molar-refractivity contribution is 7.62. The number of rotatable bonds is 3. The Morgan fingerprint density at radius 3 is 1.78 bits per heavy atom. The van der Waals surface area contributed by atoms with Gasteiger partial charge in [0.2, 0.25) is 0 Å². The maximum Gasteiger partial charge on any atom is 0.483 e. The molecule has 8 heteroatoms. The third kappa shape index (κ3) is 9.84. The molecule has 1 nitrogen and oxygen atoms in total. The number of alkyl halides is 2. The average molecular weight is 264 g/mol. The van der Waals surface area contributed by atoms with Crippen LogP contribution in [0.2, 0.25) is 0 Å². The molecule has 0 unspecified atom stereocenters. The number of hydrogen-bond donors (Lipinski definition) is 0. The van der Waals surface area contributed by atoms with Gasteiger partial charge < -0.3 is 4.12 Å². The molecule has 0 bridgehead atoms. The van der Waals surface area contributed by atoms with Crippen molar-refractivity contribution in [1.82, 2.24) is 0 Å². The topological polar surface area (TPSA) is 9.23 Å². The second kappa shape index (κ2) is 4.67. The summed E-state index contributed by atoms with van der Waals surface area (Å²) in [5.41, 5.74) is 0. The summed E-state index contributed by atoms with van der Waals surface area (Å²) in [5, 5.41) is 0. The van der Waals surface area contributed by atoms with Crippen molar-refractivity contribution in [1.29, 1.82) is 0 Å². The molecule has 0 aromatic rings. The van der Waals surface area contributed by atoms with Gasteiger partial charge in [-0.05, 0) is 0 Å². The van der Waals surface area contributed by atoms with Crippen molar-refractivity contribution in [3.63, 3.8) is 0 Å². The molecular formula is CH3Cl5OSi2. The highest BCUT2D eigenvalue weighted by Gasteiger charge is 2.27. The van der Waals surface area contributed by atoms with E-state index in [0.717, 1.165) is 0 Å². The molecule has 0 aromatic heterocycles. The Labute approximate surface area is 80.7 Å². The second-order valence-corrected chi connectivity index (χ2v) is 13.2. The second-order valence-electron chi connectivity index (χ2n) is 1.15. The predicted octanol–water partition coefficient (Wildman–Crippen LogP) is 2.00. The summed E-state index contributed by atoms with van der Waals surface area (Å²) >= 11 is 26.7. The molecule has 0 saturated heterocycles. The van der Waals surface area contributed by atoms with Gasteiger partial charge in [-0.15, -0.1) is 23.2 Å². The minimum Gasteiger partial charge on any atom is -0.426 e. The van der Waals surface area contributed by atoms with Crippen LogP contribution < -0.4 is 0 Å². The maximum absolute atomic E-state index is 5.34. The van der Waals surface area contributed by atoms with Gasteiger partial charge in [0.15, 0.2) is 9.76 Å². The fourth-order valence-corrected chi connectivity index (χ4v) is 4.25. The van der Waals surface area contributed by atoms with E-state index in [1.807, 2.05) is 0 Å². The molecule has 0 aliphatic rings. The molecule has 0 aromatic carbocycles. The van der Waals surface area contributed by atoms with E-state index in [2.05, 4.69) is 0 Å². The smallest absolute Gasteiger partial charge is 0.426 e. The fourth-order valence-electron chi connectivity index (χ4n) is 0.157.